The number of amides is 1. The molecule has 134 valence electrons. The number of hydrogen-bond acceptors (Lipinski definition) is 4. The van der Waals surface area contributed by atoms with Crippen LogP contribution in [-0.4, -0.2) is 37.1 Å². The van der Waals surface area contributed by atoms with Crippen molar-refractivity contribution in [3.63, 3.8) is 0 Å². The van der Waals surface area contributed by atoms with Gasteiger partial charge in [0.25, 0.3) is 5.91 Å². The highest BCUT2D eigenvalue weighted by molar-refractivity contribution is 5.95. The number of hydrogen-bond donors (Lipinski definition) is 1. The Kier molecular flexibility index (Phi) is 5.55. The van der Waals surface area contributed by atoms with Gasteiger partial charge in [-0.2, -0.15) is 5.26 Å². The number of carbonyl (C=O) groups is 1. The molecule has 5 nitrogen and oxygen atoms in total. The molecule has 3 rings (SSSR count). The van der Waals surface area contributed by atoms with Gasteiger partial charge in [0.15, 0.2) is 0 Å². The normalized spacial score (nSPS) is 14.0. The average Bonchev–Trinajstić information content (AvgIpc) is 2.67. The fourth-order valence-corrected chi connectivity index (χ4v) is 3.10. The van der Waals surface area contributed by atoms with Gasteiger partial charge in [-0.15, -0.1) is 0 Å². The largest absolute Gasteiger partial charge is 0.381 e. The Labute approximate surface area is 154 Å². The summed E-state index contributed by atoms with van der Waals surface area (Å²) in [5.74, 6) is 0.0608. The van der Waals surface area contributed by atoms with Gasteiger partial charge in [-0.1, -0.05) is 12.1 Å². The lowest BCUT2D eigenvalue weighted by atomic mass is 10.1. The van der Waals surface area contributed by atoms with Crippen LogP contribution in [0.25, 0.3) is 0 Å². The summed E-state index contributed by atoms with van der Waals surface area (Å²) >= 11 is 0. The molecule has 1 fully saturated rings. The molecular weight excluding hydrogens is 326 g/mol. The lowest BCUT2D eigenvalue weighted by molar-refractivity contribution is 0.0303. The lowest BCUT2D eigenvalue weighted by Crippen LogP contribution is -2.40. The number of morpholine rings is 1. The van der Waals surface area contributed by atoms with E-state index in [0.29, 0.717) is 44.0 Å². The molecule has 0 aromatic heterocycles. The first-order valence-electron chi connectivity index (χ1n) is 8.79. The summed E-state index contributed by atoms with van der Waals surface area (Å²) in [7, 11) is 0. The van der Waals surface area contributed by atoms with Gasteiger partial charge in [-0.05, 0) is 54.8 Å². The molecule has 1 heterocycles. The summed E-state index contributed by atoms with van der Waals surface area (Å²) in [5, 5.41) is 12.4. The van der Waals surface area contributed by atoms with Gasteiger partial charge >= 0.3 is 0 Å². The summed E-state index contributed by atoms with van der Waals surface area (Å²) in [6.45, 7) is 7.13. The molecule has 5 heteroatoms. The molecule has 0 radical (unpaired) electrons. The number of aryl methyl sites for hydroxylation is 2. The van der Waals surface area contributed by atoms with E-state index in [9.17, 15) is 4.79 Å². The summed E-state index contributed by atoms with van der Waals surface area (Å²) < 4.78 is 5.30. The third-order valence-electron chi connectivity index (χ3n) is 4.67. The second-order valence-corrected chi connectivity index (χ2v) is 6.55. The minimum absolute atomic E-state index is 0.0608. The highest BCUT2D eigenvalue weighted by atomic mass is 16.5. The standard InChI is InChI=1S/C21H23N3O2/c1-15-11-17(3-4-19(15)13-22)14-23-20-6-5-18(12-16(20)2)21(25)24-7-9-26-10-8-24/h3-6,11-12,23H,7-10,14H2,1-2H3. The fraction of sp³-hybridized carbons (Fsp3) is 0.333. The first kappa shape index (κ1) is 18.0. The lowest BCUT2D eigenvalue weighted by Gasteiger charge is -2.27. The van der Waals surface area contributed by atoms with Gasteiger partial charge in [0.2, 0.25) is 0 Å². The summed E-state index contributed by atoms with van der Waals surface area (Å²) in [6.07, 6.45) is 0. The Bertz CT molecular complexity index is 849. The first-order chi connectivity index (χ1) is 12.6. The Morgan fingerprint density at radius 1 is 1.15 bits per heavy atom. The predicted octanol–water partition coefficient (Wildman–Crippen LogP) is 3.26. The van der Waals surface area contributed by atoms with Crippen molar-refractivity contribution < 1.29 is 9.53 Å². The van der Waals surface area contributed by atoms with Gasteiger partial charge in [-0.3, -0.25) is 4.79 Å². The van der Waals surface area contributed by atoms with Gasteiger partial charge in [0.1, 0.15) is 0 Å². The van der Waals surface area contributed by atoms with E-state index in [1.165, 1.54) is 0 Å². The van der Waals surface area contributed by atoms with Crippen LogP contribution >= 0.6 is 0 Å². The monoisotopic (exact) mass is 349 g/mol. The number of anilines is 1. The molecule has 1 aliphatic rings. The molecule has 1 N–H and O–H groups in total. The average molecular weight is 349 g/mol. The molecule has 1 amide bonds. The van der Waals surface area contributed by atoms with E-state index in [2.05, 4.69) is 11.4 Å². The topological polar surface area (TPSA) is 65.4 Å². The molecule has 1 saturated heterocycles. The quantitative estimate of drug-likeness (QED) is 0.920. The van der Waals surface area contributed by atoms with E-state index < -0.39 is 0 Å². The fourth-order valence-electron chi connectivity index (χ4n) is 3.10. The molecule has 0 atom stereocenters. The van der Waals surface area contributed by atoms with Gasteiger partial charge in [0, 0.05) is 30.9 Å². The molecule has 26 heavy (non-hydrogen) atoms. The Morgan fingerprint density at radius 3 is 2.58 bits per heavy atom. The summed E-state index contributed by atoms with van der Waals surface area (Å²) in [4.78, 5) is 14.4. The summed E-state index contributed by atoms with van der Waals surface area (Å²) in [5.41, 5.74) is 5.56. The zero-order valence-electron chi connectivity index (χ0n) is 15.2. The minimum atomic E-state index is 0.0608. The van der Waals surface area contributed by atoms with Crippen molar-refractivity contribution in [1.82, 2.24) is 4.90 Å². The van der Waals surface area contributed by atoms with Crippen LogP contribution in [0.5, 0.6) is 0 Å². The van der Waals surface area contributed by atoms with Crippen molar-refractivity contribution in [1.29, 1.82) is 5.26 Å². The number of nitrogens with one attached hydrogen (secondary N) is 1. The van der Waals surface area contributed by atoms with Crippen molar-refractivity contribution in [3.8, 4) is 6.07 Å². The number of ether oxygens (including phenoxy) is 1. The van der Waals surface area contributed by atoms with Gasteiger partial charge in [0.05, 0.1) is 24.8 Å². The molecule has 2 aromatic rings. The van der Waals surface area contributed by atoms with Crippen LogP contribution < -0.4 is 5.32 Å². The maximum atomic E-state index is 12.6. The number of benzene rings is 2. The van der Waals surface area contributed by atoms with Gasteiger partial charge in [-0.25, -0.2) is 0 Å². The van der Waals surface area contributed by atoms with E-state index in [-0.39, 0.29) is 5.91 Å². The Balaban J connectivity index is 1.67. The second-order valence-electron chi connectivity index (χ2n) is 6.55. The van der Waals surface area contributed by atoms with E-state index in [4.69, 9.17) is 10.00 Å². The molecule has 0 unspecified atom stereocenters. The number of rotatable bonds is 4. The van der Waals surface area contributed by atoms with Crippen LogP contribution in [-0.2, 0) is 11.3 Å². The molecule has 0 saturated carbocycles. The highest BCUT2D eigenvalue weighted by Crippen LogP contribution is 2.20. The van der Waals surface area contributed by atoms with Crippen molar-refractivity contribution in [2.45, 2.75) is 20.4 Å². The van der Waals surface area contributed by atoms with Crippen LogP contribution in [0.4, 0.5) is 5.69 Å². The third-order valence-corrected chi connectivity index (χ3v) is 4.67. The molecule has 2 aromatic carbocycles. The molecule has 0 aliphatic carbocycles. The zero-order chi connectivity index (χ0) is 18.5. The maximum absolute atomic E-state index is 12.6. The van der Waals surface area contributed by atoms with Crippen LogP contribution in [0.15, 0.2) is 36.4 Å². The molecular formula is C21H23N3O2. The van der Waals surface area contributed by atoms with E-state index in [0.717, 1.165) is 22.4 Å². The van der Waals surface area contributed by atoms with Crippen molar-refractivity contribution in [3.05, 3.63) is 64.2 Å². The van der Waals surface area contributed by atoms with Crippen LogP contribution in [0.2, 0.25) is 0 Å². The smallest absolute Gasteiger partial charge is 0.254 e. The maximum Gasteiger partial charge on any atom is 0.254 e. The predicted molar refractivity (Wildman–Crippen MR) is 101 cm³/mol. The SMILES string of the molecule is Cc1cc(CNc2ccc(C(=O)N3CCOCC3)cc2C)ccc1C#N. The Hall–Kier alpha value is -2.84. The third kappa shape index (κ3) is 4.04. The van der Waals surface area contributed by atoms with Crippen LogP contribution in [0.1, 0.15) is 32.6 Å². The van der Waals surface area contributed by atoms with Crippen molar-refractivity contribution in [2.75, 3.05) is 31.6 Å². The van der Waals surface area contributed by atoms with Gasteiger partial charge < -0.3 is 15.0 Å². The highest BCUT2D eigenvalue weighted by Gasteiger charge is 2.18. The Morgan fingerprint density at radius 2 is 1.92 bits per heavy atom. The number of carbonyl (C=O) groups excluding carboxylic acids is 1. The number of nitriles is 1. The molecule has 1 aliphatic heterocycles. The molecule has 0 spiro atoms. The van der Waals surface area contributed by atoms with E-state index in [1.54, 1.807) is 0 Å². The summed E-state index contributed by atoms with van der Waals surface area (Å²) in [6, 6.07) is 13.8. The second kappa shape index (κ2) is 8.03. The van der Waals surface area contributed by atoms with E-state index in [1.807, 2.05) is 55.1 Å². The minimum Gasteiger partial charge on any atom is -0.381 e. The van der Waals surface area contributed by atoms with Crippen molar-refractivity contribution in [2.24, 2.45) is 0 Å². The first-order valence-corrected chi connectivity index (χ1v) is 8.79. The van der Waals surface area contributed by atoms with Crippen molar-refractivity contribution >= 4 is 11.6 Å². The van der Waals surface area contributed by atoms with Crippen LogP contribution in [0.3, 0.4) is 0 Å². The molecule has 0 bridgehead atoms. The number of nitrogens with zero attached hydrogens (tertiary/aromatic N) is 2. The van der Waals surface area contributed by atoms with E-state index >= 15 is 0 Å². The van der Waals surface area contributed by atoms with Crippen LogP contribution in [0, 0.1) is 25.2 Å². The zero-order valence-corrected chi connectivity index (χ0v) is 15.2.